The molecule has 0 aliphatic carbocycles. The fourth-order valence-corrected chi connectivity index (χ4v) is 2.45. The van der Waals surface area contributed by atoms with Gasteiger partial charge in [0.1, 0.15) is 0 Å². The van der Waals surface area contributed by atoms with Crippen molar-refractivity contribution < 1.29 is 14.0 Å². The minimum absolute atomic E-state index is 0.274. The van der Waals surface area contributed by atoms with E-state index in [1.165, 1.54) is 0 Å². The third-order valence-corrected chi connectivity index (χ3v) is 3.77. The number of para-hydroxylation sites is 1. The molecule has 7 heteroatoms. The van der Waals surface area contributed by atoms with Gasteiger partial charge in [0.25, 0.3) is 0 Å². The van der Waals surface area contributed by atoms with Gasteiger partial charge >= 0.3 is 11.8 Å². The Labute approximate surface area is 150 Å². The van der Waals surface area contributed by atoms with Gasteiger partial charge in [-0.15, -0.1) is 10.2 Å². The van der Waals surface area contributed by atoms with Crippen molar-refractivity contribution in [3.8, 4) is 11.5 Å². The Hall–Kier alpha value is -3.48. The first-order valence-corrected chi connectivity index (χ1v) is 8.08. The highest BCUT2D eigenvalue weighted by Crippen LogP contribution is 2.29. The van der Waals surface area contributed by atoms with Gasteiger partial charge in [-0.3, -0.25) is 9.59 Å². The van der Waals surface area contributed by atoms with Crippen LogP contribution in [0.25, 0.3) is 11.5 Å². The summed E-state index contributed by atoms with van der Waals surface area (Å²) in [5.74, 6) is -0.775. The molecule has 26 heavy (non-hydrogen) atoms. The van der Waals surface area contributed by atoms with E-state index in [-0.39, 0.29) is 12.4 Å². The van der Waals surface area contributed by atoms with Gasteiger partial charge in [0.05, 0.1) is 11.3 Å². The lowest BCUT2D eigenvalue weighted by Gasteiger charge is -2.12. The van der Waals surface area contributed by atoms with Crippen molar-refractivity contribution in [1.29, 1.82) is 0 Å². The first kappa shape index (κ1) is 17.3. The number of carbonyl (C=O) groups is 2. The number of benzene rings is 2. The van der Waals surface area contributed by atoms with E-state index in [2.05, 4.69) is 20.8 Å². The van der Waals surface area contributed by atoms with Crippen LogP contribution in [0.15, 0.2) is 52.9 Å². The van der Waals surface area contributed by atoms with E-state index in [0.29, 0.717) is 17.1 Å². The zero-order valence-corrected chi connectivity index (χ0v) is 14.4. The molecule has 0 radical (unpaired) electrons. The van der Waals surface area contributed by atoms with E-state index in [9.17, 15) is 9.59 Å². The molecule has 1 aromatic heterocycles. The molecule has 0 aliphatic heterocycles. The fraction of sp³-hybridized carbons (Fsp3) is 0.158. The van der Waals surface area contributed by atoms with E-state index < -0.39 is 11.8 Å². The molecule has 2 aromatic carbocycles. The highest BCUT2D eigenvalue weighted by atomic mass is 16.4. The highest BCUT2D eigenvalue weighted by Gasteiger charge is 2.19. The largest absolute Gasteiger partial charge is 0.421 e. The van der Waals surface area contributed by atoms with Gasteiger partial charge in [-0.05, 0) is 24.1 Å². The van der Waals surface area contributed by atoms with Crippen LogP contribution in [0.5, 0.6) is 0 Å². The van der Waals surface area contributed by atoms with Gasteiger partial charge in [-0.1, -0.05) is 42.5 Å². The number of amides is 2. The average Bonchev–Trinajstić information content (AvgIpc) is 3.08. The Morgan fingerprint density at radius 1 is 0.962 bits per heavy atom. The standard InChI is InChI=1S/C19H18N4O3/c1-12-7-6-10-15(19-23-22-13(2)26-19)16(12)21-18(25)17(24)20-11-14-8-4-3-5-9-14/h3-10H,11H2,1-2H3,(H,20,24)(H,21,25). The first-order chi connectivity index (χ1) is 12.5. The van der Waals surface area contributed by atoms with E-state index in [1.807, 2.05) is 49.4 Å². The lowest BCUT2D eigenvalue weighted by Crippen LogP contribution is -2.35. The molecular weight excluding hydrogens is 332 g/mol. The summed E-state index contributed by atoms with van der Waals surface area (Å²) in [7, 11) is 0. The maximum absolute atomic E-state index is 12.3. The number of aromatic nitrogens is 2. The SMILES string of the molecule is Cc1nnc(-c2cccc(C)c2NC(=O)C(=O)NCc2ccccc2)o1. The van der Waals surface area contributed by atoms with Gasteiger partial charge in [-0.25, -0.2) is 0 Å². The minimum Gasteiger partial charge on any atom is -0.421 e. The summed E-state index contributed by atoms with van der Waals surface area (Å²) in [6.07, 6.45) is 0. The second-order valence-corrected chi connectivity index (χ2v) is 5.75. The molecule has 0 saturated carbocycles. The van der Waals surface area contributed by atoms with Crippen LogP contribution < -0.4 is 10.6 Å². The Balaban J connectivity index is 1.74. The van der Waals surface area contributed by atoms with Gasteiger partial charge in [0.2, 0.25) is 11.8 Å². The molecule has 0 saturated heterocycles. The topological polar surface area (TPSA) is 97.1 Å². The summed E-state index contributed by atoms with van der Waals surface area (Å²) in [6.45, 7) is 3.78. The zero-order chi connectivity index (χ0) is 18.5. The van der Waals surface area contributed by atoms with Crippen LogP contribution in [0, 0.1) is 13.8 Å². The third-order valence-electron chi connectivity index (χ3n) is 3.77. The van der Waals surface area contributed by atoms with Crippen molar-refractivity contribution in [3.63, 3.8) is 0 Å². The van der Waals surface area contributed by atoms with Crippen molar-refractivity contribution in [2.45, 2.75) is 20.4 Å². The third kappa shape index (κ3) is 3.94. The Morgan fingerprint density at radius 3 is 2.42 bits per heavy atom. The number of anilines is 1. The molecule has 3 rings (SSSR count). The molecule has 3 aromatic rings. The maximum Gasteiger partial charge on any atom is 0.313 e. The van der Waals surface area contributed by atoms with Crippen LogP contribution in [-0.4, -0.2) is 22.0 Å². The van der Waals surface area contributed by atoms with Crippen molar-refractivity contribution in [2.24, 2.45) is 0 Å². The number of hydrogen-bond donors (Lipinski definition) is 2. The van der Waals surface area contributed by atoms with Gasteiger partial charge in [-0.2, -0.15) is 0 Å². The zero-order valence-electron chi connectivity index (χ0n) is 14.4. The van der Waals surface area contributed by atoms with Crippen LogP contribution in [0.2, 0.25) is 0 Å². The van der Waals surface area contributed by atoms with Crippen LogP contribution >= 0.6 is 0 Å². The predicted octanol–water partition coefficient (Wildman–Crippen LogP) is 2.61. The van der Waals surface area contributed by atoms with E-state index in [1.54, 1.807) is 13.0 Å². The summed E-state index contributed by atoms with van der Waals surface area (Å²) in [5.41, 5.74) is 2.72. The molecule has 132 valence electrons. The maximum atomic E-state index is 12.3. The molecular formula is C19H18N4O3. The fourth-order valence-electron chi connectivity index (χ4n) is 2.45. The summed E-state index contributed by atoms with van der Waals surface area (Å²) < 4.78 is 5.44. The van der Waals surface area contributed by atoms with E-state index >= 15 is 0 Å². The van der Waals surface area contributed by atoms with Crippen molar-refractivity contribution in [1.82, 2.24) is 15.5 Å². The summed E-state index contributed by atoms with van der Waals surface area (Å²) in [4.78, 5) is 24.4. The Bertz CT molecular complexity index is 935. The molecule has 7 nitrogen and oxygen atoms in total. The van der Waals surface area contributed by atoms with Gasteiger partial charge in [0.15, 0.2) is 0 Å². The van der Waals surface area contributed by atoms with Crippen molar-refractivity contribution in [2.75, 3.05) is 5.32 Å². The molecule has 2 N–H and O–H groups in total. The monoisotopic (exact) mass is 350 g/mol. The number of aryl methyl sites for hydroxylation is 2. The number of hydrogen-bond acceptors (Lipinski definition) is 5. The number of carbonyl (C=O) groups excluding carboxylic acids is 2. The van der Waals surface area contributed by atoms with Crippen molar-refractivity contribution in [3.05, 3.63) is 65.5 Å². The number of rotatable bonds is 4. The molecule has 0 fully saturated rings. The summed E-state index contributed by atoms with van der Waals surface area (Å²) >= 11 is 0. The lowest BCUT2D eigenvalue weighted by atomic mass is 10.1. The molecule has 0 aliphatic rings. The summed E-state index contributed by atoms with van der Waals surface area (Å²) in [5, 5.41) is 13.0. The highest BCUT2D eigenvalue weighted by molar-refractivity contribution is 6.40. The quantitative estimate of drug-likeness (QED) is 0.705. The second kappa shape index (κ2) is 7.60. The normalized spacial score (nSPS) is 10.4. The van der Waals surface area contributed by atoms with Gasteiger partial charge in [0, 0.05) is 13.5 Å². The lowest BCUT2D eigenvalue weighted by molar-refractivity contribution is -0.136. The number of nitrogens with zero attached hydrogens (tertiary/aromatic N) is 2. The number of nitrogens with one attached hydrogen (secondary N) is 2. The smallest absolute Gasteiger partial charge is 0.313 e. The second-order valence-electron chi connectivity index (χ2n) is 5.75. The molecule has 0 spiro atoms. The molecule has 0 bridgehead atoms. The van der Waals surface area contributed by atoms with E-state index in [0.717, 1.165) is 11.1 Å². The molecule has 0 unspecified atom stereocenters. The first-order valence-electron chi connectivity index (χ1n) is 8.08. The van der Waals surface area contributed by atoms with Crippen LogP contribution in [-0.2, 0) is 16.1 Å². The summed E-state index contributed by atoms with van der Waals surface area (Å²) in [6, 6.07) is 14.8. The molecule has 2 amide bonds. The Morgan fingerprint density at radius 2 is 1.73 bits per heavy atom. The van der Waals surface area contributed by atoms with Crippen LogP contribution in [0.1, 0.15) is 17.0 Å². The van der Waals surface area contributed by atoms with E-state index in [4.69, 9.17) is 4.42 Å². The molecule has 1 heterocycles. The van der Waals surface area contributed by atoms with Crippen LogP contribution in [0.3, 0.4) is 0 Å². The Kier molecular flexibility index (Phi) is 5.07. The van der Waals surface area contributed by atoms with Crippen LogP contribution in [0.4, 0.5) is 5.69 Å². The molecule has 0 atom stereocenters. The average molecular weight is 350 g/mol. The predicted molar refractivity (Wildman–Crippen MR) is 96.1 cm³/mol. The minimum atomic E-state index is -0.757. The van der Waals surface area contributed by atoms with Gasteiger partial charge < -0.3 is 15.1 Å². The van der Waals surface area contributed by atoms with Crippen molar-refractivity contribution >= 4 is 17.5 Å².